The number of hydrogen-bond acceptors (Lipinski definition) is 6. The van der Waals surface area contributed by atoms with Crippen molar-refractivity contribution < 1.29 is 29.0 Å². The average Bonchev–Trinajstić information content (AvgIpc) is 2.66. The van der Waals surface area contributed by atoms with Crippen molar-refractivity contribution in [1.82, 2.24) is 0 Å². The second-order valence-electron chi connectivity index (χ2n) is 5.55. The Hall–Kier alpha value is -3.15. The van der Waals surface area contributed by atoms with Gasteiger partial charge in [-0.3, -0.25) is 9.59 Å². The molecule has 0 radical (unpaired) electrons. The van der Waals surface area contributed by atoms with Crippen molar-refractivity contribution in [1.29, 1.82) is 0 Å². The smallest absolute Gasteiger partial charge is 0.337 e. The maximum absolute atomic E-state index is 12.6. The number of carbonyl (C=O) groups excluding carboxylic acids is 3. The van der Waals surface area contributed by atoms with Crippen molar-refractivity contribution >= 4 is 17.7 Å². The number of hydrogen-bond donors (Lipinski definition) is 1. The first kappa shape index (κ1) is 19.2. The molecule has 6 heteroatoms. The molecule has 0 bridgehead atoms. The van der Waals surface area contributed by atoms with E-state index < -0.39 is 5.97 Å². The monoisotopic (exact) mass is 356 g/mol. The molecule has 0 spiro atoms. The van der Waals surface area contributed by atoms with E-state index in [0.717, 1.165) is 0 Å². The number of methoxy groups -OCH3 is 1. The lowest BCUT2D eigenvalue weighted by molar-refractivity contribution is -0.143. The highest BCUT2D eigenvalue weighted by atomic mass is 16.5. The number of rotatable bonds is 7. The largest absolute Gasteiger partial charge is 0.508 e. The van der Waals surface area contributed by atoms with E-state index in [1.54, 1.807) is 25.1 Å². The zero-order chi connectivity index (χ0) is 19.1. The van der Waals surface area contributed by atoms with Gasteiger partial charge in [-0.1, -0.05) is 12.1 Å². The van der Waals surface area contributed by atoms with Crippen LogP contribution in [0, 0.1) is 0 Å². The van der Waals surface area contributed by atoms with Crippen LogP contribution in [0.3, 0.4) is 0 Å². The summed E-state index contributed by atoms with van der Waals surface area (Å²) >= 11 is 0. The van der Waals surface area contributed by atoms with E-state index in [1.165, 1.54) is 31.4 Å². The molecule has 0 saturated carbocycles. The van der Waals surface area contributed by atoms with Gasteiger partial charge >= 0.3 is 11.9 Å². The first-order valence-electron chi connectivity index (χ1n) is 8.16. The van der Waals surface area contributed by atoms with Crippen LogP contribution in [0.2, 0.25) is 0 Å². The van der Waals surface area contributed by atoms with E-state index in [4.69, 9.17) is 4.74 Å². The van der Waals surface area contributed by atoms with Crippen LogP contribution in [-0.4, -0.2) is 36.5 Å². The van der Waals surface area contributed by atoms with Gasteiger partial charge in [0.25, 0.3) is 0 Å². The van der Waals surface area contributed by atoms with E-state index in [2.05, 4.69) is 4.74 Å². The van der Waals surface area contributed by atoms with Gasteiger partial charge < -0.3 is 14.6 Å². The van der Waals surface area contributed by atoms with E-state index in [1.807, 2.05) is 0 Å². The van der Waals surface area contributed by atoms with Gasteiger partial charge in [0.05, 0.1) is 19.3 Å². The molecule has 0 heterocycles. The topological polar surface area (TPSA) is 89.9 Å². The Balaban J connectivity index is 2.17. The Kier molecular flexibility index (Phi) is 6.49. The Morgan fingerprint density at radius 3 is 2.19 bits per heavy atom. The highest BCUT2D eigenvalue weighted by molar-refractivity contribution is 6.09. The minimum atomic E-state index is -0.477. The number of carbonyl (C=O) groups is 3. The molecular formula is C20H20O6. The van der Waals surface area contributed by atoms with Crippen LogP contribution < -0.4 is 0 Å². The third kappa shape index (κ3) is 4.69. The Labute approximate surface area is 151 Å². The zero-order valence-corrected chi connectivity index (χ0v) is 14.7. The molecule has 0 unspecified atom stereocenters. The summed E-state index contributed by atoms with van der Waals surface area (Å²) < 4.78 is 9.49. The molecule has 2 rings (SSSR count). The van der Waals surface area contributed by atoms with Gasteiger partial charge in [0.2, 0.25) is 0 Å². The lowest BCUT2D eigenvalue weighted by Gasteiger charge is -2.08. The second kappa shape index (κ2) is 8.80. The molecule has 0 amide bonds. The Morgan fingerprint density at radius 2 is 1.58 bits per heavy atom. The Morgan fingerprint density at radius 1 is 0.962 bits per heavy atom. The molecule has 0 aliphatic rings. The van der Waals surface area contributed by atoms with Crippen LogP contribution in [0.5, 0.6) is 5.75 Å². The molecule has 0 atom stereocenters. The number of phenols is 1. The van der Waals surface area contributed by atoms with Gasteiger partial charge in [0.15, 0.2) is 5.78 Å². The molecule has 6 nitrogen and oxygen atoms in total. The fraction of sp³-hybridized carbons (Fsp3) is 0.250. The molecule has 0 aliphatic heterocycles. The summed E-state index contributed by atoms with van der Waals surface area (Å²) in [5, 5.41) is 9.94. The minimum Gasteiger partial charge on any atom is -0.508 e. The predicted molar refractivity (Wildman–Crippen MR) is 94.3 cm³/mol. The molecule has 136 valence electrons. The van der Waals surface area contributed by atoms with Crippen LogP contribution in [0.25, 0.3) is 0 Å². The summed E-state index contributed by atoms with van der Waals surface area (Å²) in [6.45, 7) is 2.02. The number of aryl methyl sites for hydroxylation is 1. The van der Waals surface area contributed by atoms with E-state index >= 15 is 0 Å². The number of ketones is 1. The standard InChI is InChI=1S/C20H20O6/c1-3-26-18(22)11-9-15-12-16(8-10-17(15)21)19(23)13-4-6-14(7-5-13)20(24)25-2/h4-8,10,12,21H,3,9,11H2,1-2H3. The molecule has 26 heavy (non-hydrogen) atoms. The van der Waals surface area contributed by atoms with Crippen LogP contribution in [0.1, 0.15) is 45.2 Å². The van der Waals surface area contributed by atoms with Gasteiger partial charge in [0, 0.05) is 17.5 Å². The highest BCUT2D eigenvalue weighted by Gasteiger charge is 2.14. The summed E-state index contributed by atoms with van der Waals surface area (Å²) in [7, 11) is 1.29. The second-order valence-corrected chi connectivity index (χ2v) is 5.55. The molecule has 0 aliphatic carbocycles. The Bertz CT molecular complexity index is 808. The molecule has 0 fully saturated rings. The first-order valence-corrected chi connectivity index (χ1v) is 8.16. The predicted octanol–water partition coefficient (Wildman–Crippen LogP) is 2.91. The van der Waals surface area contributed by atoms with Gasteiger partial charge in [-0.25, -0.2) is 4.79 Å². The van der Waals surface area contributed by atoms with Crippen LogP contribution in [-0.2, 0) is 20.7 Å². The fourth-order valence-electron chi connectivity index (χ4n) is 2.44. The number of ether oxygens (including phenoxy) is 2. The lowest BCUT2D eigenvalue weighted by Crippen LogP contribution is -2.07. The van der Waals surface area contributed by atoms with Crippen molar-refractivity contribution in [3.63, 3.8) is 0 Å². The quantitative estimate of drug-likeness (QED) is 0.606. The van der Waals surface area contributed by atoms with Crippen LogP contribution >= 0.6 is 0 Å². The average molecular weight is 356 g/mol. The fourth-order valence-corrected chi connectivity index (χ4v) is 2.44. The molecule has 0 saturated heterocycles. The van der Waals surface area contributed by atoms with Crippen LogP contribution in [0.4, 0.5) is 0 Å². The maximum atomic E-state index is 12.6. The SMILES string of the molecule is CCOC(=O)CCc1cc(C(=O)c2ccc(C(=O)OC)cc2)ccc1O. The van der Waals surface area contributed by atoms with E-state index in [9.17, 15) is 19.5 Å². The zero-order valence-electron chi connectivity index (χ0n) is 14.7. The van der Waals surface area contributed by atoms with Crippen LogP contribution in [0.15, 0.2) is 42.5 Å². The van der Waals surface area contributed by atoms with Gasteiger partial charge in [-0.2, -0.15) is 0 Å². The van der Waals surface area contributed by atoms with Gasteiger partial charge in [-0.15, -0.1) is 0 Å². The van der Waals surface area contributed by atoms with E-state index in [0.29, 0.717) is 28.9 Å². The van der Waals surface area contributed by atoms with E-state index in [-0.39, 0.29) is 30.3 Å². The van der Waals surface area contributed by atoms with Gasteiger partial charge in [0.1, 0.15) is 5.75 Å². The van der Waals surface area contributed by atoms with Crippen molar-refractivity contribution in [3.05, 3.63) is 64.7 Å². The summed E-state index contributed by atoms with van der Waals surface area (Å²) in [6.07, 6.45) is 0.389. The van der Waals surface area contributed by atoms with Crippen molar-refractivity contribution in [2.45, 2.75) is 19.8 Å². The normalized spacial score (nSPS) is 10.2. The summed E-state index contributed by atoms with van der Waals surface area (Å²) in [6, 6.07) is 10.6. The summed E-state index contributed by atoms with van der Waals surface area (Å²) in [5.41, 5.74) is 1.63. The summed E-state index contributed by atoms with van der Waals surface area (Å²) in [5.74, 6) is -1.07. The third-order valence-electron chi connectivity index (χ3n) is 3.81. The molecule has 1 N–H and O–H groups in total. The number of esters is 2. The molecule has 2 aromatic rings. The van der Waals surface area contributed by atoms with Crippen molar-refractivity contribution in [2.24, 2.45) is 0 Å². The highest BCUT2D eigenvalue weighted by Crippen LogP contribution is 2.22. The first-order chi connectivity index (χ1) is 12.5. The number of aromatic hydroxyl groups is 1. The van der Waals surface area contributed by atoms with Gasteiger partial charge in [-0.05, 0) is 49.2 Å². The maximum Gasteiger partial charge on any atom is 0.337 e. The third-order valence-corrected chi connectivity index (χ3v) is 3.81. The number of benzene rings is 2. The minimum absolute atomic E-state index is 0.0203. The molecular weight excluding hydrogens is 336 g/mol. The lowest BCUT2D eigenvalue weighted by atomic mass is 9.98. The number of phenolic OH excluding ortho intramolecular Hbond substituents is 1. The van der Waals surface area contributed by atoms with Crippen molar-refractivity contribution in [3.8, 4) is 5.75 Å². The van der Waals surface area contributed by atoms with Crippen molar-refractivity contribution in [2.75, 3.05) is 13.7 Å². The molecule has 0 aromatic heterocycles. The molecule has 2 aromatic carbocycles. The summed E-state index contributed by atoms with van der Waals surface area (Å²) in [4.78, 5) is 35.5.